The van der Waals surface area contributed by atoms with Gasteiger partial charge in [-0.15, -0.1) is 0 Å². The van der Waals surface area contributed by atoms with Gasteiger partial charge >= 0.3 is 6.61 Å². The van der Waals surface area contributed by atoms with Crippen molar-refractivity contribution in [1.82, 2.24) is 14.5 Å². The zero-order valence-electron chi connectivity index (χ0n) is 15.5. The number of nitrogens with zero attached hydrogens (tertiary/aromatic N) is 3. The molecule has 1 heterocycles. The Bertz CT molecular complexity index is 949. The zero-order valence-corrected chi connectivity index (χ0v) is 17.9. The van der Waals surface area contributed by atoms with Crippen LogP contribution in [0.5, 0.6) is 5.75 Å². The van der Waals surface area contributed by atoms with E-state index in [1.54, 1.807) is 30.3 Å². The molecule has 5 nitrogen and oxygen atoms in total. The van der Waals surface area contributed by atoms with Crippen molar-refractivity contribution in [3.05, 3.63) is 71.0 Å². The Labute approximate surface area is 179 Å². The van der Waals surface area contributed by atoms with E-state index in [4.69, 9.17) is 0 Å². The average Bonchev–Trinajstić information content (AvgIpc) is 3.16. The molecule has 0 fully saturated rings. The number of hydrogen-bond acceptors (Lipinski definition) is 4. The molecule has 0 aliphatic rings. The van der Waals surface area contributed by atoms with E-state index >= 15 is 0 Å². The smallest absolute Gasteiger partial charge is 0.387 e. The second kappa shape index (κ2) is 9.89. The third-order valence-corrected chi connectivity index (χ3v) is 5.51. The number of rotatable bonds is 8. The highest BCUT2D eigenvalue weighted by molar-refractivity contribution is 9.10. The minimum Gasteiger partial charge on any atom is -0.435 e. The zero-order chi connectivity index (χ0) is 20.8. The van der Waals surface area contributed by atoms with Crippen LogP contribution < -0.4 is 4.74 Å². The van der Waals surface area contributed by atoms with Crippen LogP contribution in [-0.2, 0) is 11.3 Å². The molecule has 1 aromatic heterocycles. The molecule has 0 saturated heterocycles. The van der Waals surface area contributed by atoms with Gasteiger partial charge in [0.15, 0.2) is 5.16 Å². The summed E-state index contributed by atoms with van der Waals surface area (Å²) in [6.07, 6.45) is 3.55. The quantitative estimate of drug-likeness (QED) is 0.425. The maximum atomic E-state index is 12.5. The van der Waals surface area contributed by atoms with E-state index in [1.807, 2.05) is 35.0 Å². The number of benzene rings is 2. The number of halogens is 3. The van der Waals surface area contributed by atoms with Crippen LogP contribution >= 0.6 is 27.7 Å². The molecule has 0 aliphatic carbocycles. The summed E-state index contributed by atoms with van der Waals surface area (Å²) in [6, 6.07) is 14.1. The largest absolute Gasteiger partial charge is 0.435 e. The molecule has 0 N–H and O–H groups in total. The Morgan fingerprint density at radius 3 is 2.55 bits per heavy atom. The van der Waals surface area contributed by atoms with Crippen molar-refractivity contribution >= 4 is 33.6 Å². The summed E-state index contributed by atoms with van der Waals surface area (Å²) in [5.74, 6) is 0.262. The van der Waals surface area contributed by atoms with Gasteiger partial charge in [0.2, 0.25) is 5.91 Å². The average molecular weight is 482 g/mol. The van der Waals surface area contributed by atoms with Crippen LogP contribution in [-0.4, -0.2) is 39.8 Å². The third-order valence-electron chi connectivity index (χ3n) is 4.03. The van der Waals surface area contributed by atoms with Crippen molar-refractivity contribution in [3.8, 4) is 11.4 Å². The van der Waals surface area contributed by atoms with Gasteiger partial charge in [-0.2, -0.15) is 8.78 Å². The summed E-state index contributed by atoms with van der Waals surface area (Å²) >= 11 is 4.77. The molecule has 2 aromatic carbocycles. The van der Waals surface area contributed by atoms with Gasteiger partial charge in [-0.05, 0) is 42.0 Å². The number of carbonyl (C=O) groups excluding carboxylic acids is 1. The van der Waals surface area contributed by atoms with Crippen molar-refractivity contribution in [2.45, 2.75) is 18.3 Å². The van der Waals surface area contributed by atoms with Gasteiger partial charge in [0.1, 0.15) is 5.75 Å². The van der Waals surface area contributed by atoms with Gasteiger partial charge in [0.05, 0.1) is 5.75 Å². The van der Waals surface area contributed by atoms with Crippen molar-refractivity contribution < 1.29 is 18.3 Å². The van der Waals surface area contributed by atoms with Gasteiger partial charge in [-0.25, -0.2) is 4.98 Å². The molecular weight excluding hydrogens is 464 g/mol. The Hall–Kier alpha value is -2.39. The lowest BCUT2D eigenvalue weighted by Gasteiger charge is -2.17. The summed E-state index contributed by atoms with van der Waals surface area (Å²) in [7, 11) is 1.70. The number of aromatic nitrogens is 2. The standard InChI is InChI=1S/C20H18BrF2N3O2S/c1-25(12-14-2-8-17(9-3-14)28-19(22)23)18(27)13-29-20-24-10-11-26(20)16-6-4-15(21)5-7-16/h2-11,19H,12-13H2,1H3. The fourth-order valence-corrected chi connectivity index (χ4v) is 3.75. The molecule has 0 unspecified atom stereocenters. The number of amides is 1. The van der Waals surface area contributed by atoms with Crippen molar-refractivity contribution in [3.63, 3.8) is 0 Å². The van der Waals surface area contributed by atoms with E-state index in [0.29, 0.717) is 6.54 Å². The van der Waals surface area contributed by atoms with Crippen LogP contribution in [0.15, 0.2) is 70.6 Å². The lowest BCUT2D eigenvalue weighted by molar-refractivity contribution is -0.127. The summed E-state index contributed by atoms with van der Waals surface area (Å²) in [6.45, 7) is -2.48. The van der Waals surface area contributed by atoms with Crippen LogP contribution in [0, 0.1) is 0 Å². The topological polar surface area (TPSA) is 47.4 Å². The van der Waals surface area contributed by atoms with Gasteiger partial charge < -0.3 is 9.64 Å². The van der Waals surface area contributed by atoms with Gasteiger partial charge in [-0.1, -0.05) is 39.8 Å². The molecule has 0 spiro atoms. The number of hydrogen-bond donors (Lipinski definition) is 0. The van der Waals surface area contributed by atoms with Crippen molar-refractivity contribution in [1.29, 1.82) is 0 Å². The van der Waals surface area contributed by atoms with Crippen molar-refractivity contribution in [2.75, 3.05) is 12.8 Å². The van der Waals surface area contributed by atoms with Gasteiger partial charge in [-0.3, -0.25) is 9.36 Å². The minimum absolute atomic E-state index is 0.0618. The SMILES string of the molecule is CN(Cc1ccc(OC(F)F)cc1)C(=O)CSc1nccn1-c1ccc(Br)cc1. The summed E-state index contributed by atoms with van der Waals surface area (Å²) < 4.78 is 31.6. The van der Waals surface area contributed by atoms with Crippen LogP contribution in [0.1, 0.15) is 5.56 Å². The van der Waals surface area contributed by atoms with E-state index in [1.165, 1.54) is 23.9 Å². The molecule has 1 amide bonds. The van der Waals surface area contributed by atoms with E-state index in [9.17, 15) is 13.6 Å². The fraction of sp³-hybridized carbons (Fsp3) is 0.200. The summed E-state index contributed by atoms with van der Waals surface area (Å²) in [5.41, 5.74) is 1.78. The highest BCUT2D eigenvalue weighted by Crippen LogP contribution is 2.22. The first-order valence-electron chi connectivity index (χ1n) is 8.62. The summed E-state index contributed by atoms with van der Waals surface area (Å²) in [5, 5.41) is 0.725. The highest BCUT2D eigenvalue weighted by Gasteiger charge is 2.13. The van der Waals surface area contributed by atoms with Gasteiger partial charge in [0, 0.05) is 36.1 Å². The van der Waals surface area contributed by atoms with E-state index in [2.05, 4.69) is 25.7 Å². The predicted molar refractivity (Wildman–Crippen MR) is 112 cm³/mol. The number of imidazole rings is 1. The second-order valence-electron chi connectivity index (χ2n) is 6.12. The molecule has 9 heteroatoms. The van der Waals surface area contributed by atoms with E-state index in [0.717, 1.165) is 20.9 Å². The molecule has 152 valence electrons. The molecule has 0 aliphatic heterocycles. The van der Waals surface area contributed by atoms with E-state index in [-0.39, 0.29) is 17.4 Å². The monoisotopic (exact) mass is 481 g/mol. The number of alkyl halides is 2. The maximum absolute atomic E-state index is 12.5. The van der Waals surface area contributed by atoms with E-state index < -0.39 is 6.61 Å². The Kier molecular flexibility index (Phi) is 7.27. The fourth-order valence-electron chi connectivity index (χ4n) is 2.57. The first-order chi connectivity index (χ1) is 13.9. The van der Waals surface area contributed by atoms with Crippen LogP contribution in [0.2, 0.25) is 0 Å². The number of thioether (sulfide) groups is 1. The molecule has 29 heavy (non-hydrogen) atoms. The number of carbonyl (C=O) groups is 1. The number of ether oxygens (including phenoxy) is 1. The van der Waals surface area contributed by atoms with Crippen LogP contribution in [0.4, 0.5) is 8.78 Å². The molecule has 3 rings (SSSR count). The Balaban J connectivity index is 1.56. The molecular formula is C20H18BrF2N3O2S. The first-order valence-corrected chi connectivity index (χ1v) is 10.4. The minimum atomic E-state index is -2.85. The normalized spacial score (nSPS) is 10.9. The molecule has 0 radical (unpaired) electrons. The van der Waals surface area contributed by atoms with Crippen LogP contribution in [0.25, 0.3) is 5.69 Å². The predicted octanol–water partition coefficient (Wildman–Crippen LogP) is 4.99. The molecule has 0 saturated carbocycles. The van der Waals surface area contributed by atoms with Gasteiger partial charge in [0.25, 0.3) is 0 Å². The third kappa shape index (κ3) is 6.04. The molecule has 0 bridgehead atoms. The van der Waals surface area contributed by atoms with Crippen LogP contribution in [0.3, 0.4) is 0 Å². The maximum Gasteiger partial charge on any atom is 0.387 e. The Morgan fingerprint density at radius 2 is 1.90 bits per heavy atom. The van der Waals surface area contributed by atoms with Crippen molar-refractivity contribution in [2.24, 2.45) is 0 Å². The highest BCUT2D eigenvalue weighted by atomic mass is 79.9. The first kappa shape index (κ1) is 21.3. The second-order valence-corrected chi connectivity index (χ2v) is 7.98. The lowest BCUT2D eigenvalue weighted by atomic mass is 10.2. The molecule has 0 atom stereocenters. The Morgan fingerprint density at radius 1 is 1.21 bits per heavy atom. The molecule has 3 aromatic rings. The summed E-state index contributed by atoms with van der Waals surface area (Å²) in [4.78, 5) is 18.4. The lowest BCUT2D eigenvalue weighted by Crippen LogP contribution is -2.27.